The van der Waals surface area contributed by atoms with Gasteiger partial charge >= 0.3 is 0 Å². The first kappa shape index (κ1) is 25.1. The molecule has 1 aromatic heterocycles. The molecule has 182 valence electrons. The Labute approximate surface area is 217 Å². The number of pyridine rings is 1. The van der Waals surface area contributed by atoms with Crippen molar-refractivity contribution >= 4 is 28.9 Å². The van der Waals surface area contributed by atoms with Gasteiger partial charge in [-0.1, -0.05) is 42.5 Å². The Morgan fingerprint density at radius 3 is 2.39 bits per heavy atom. The molecule has 0 spiro atoms. The van der Waals surface area contributed by atoms with Crippen LogP contribution in [-0.4, -0.2) is 18.1 Å². The average molecular weight is 498 g/mol. The quantitative estimate of drug-likeness (QED) is 0.256. The Balaban J connectivity index is 0.00000304. The van der Waals surface area contributed by atoms with E-state index in [1.54, 1.807) is 6.07 Å². The summed E-state index contributed by atoms with van der Waals surface area (Å²) in [6.45, 7) is 6.90. The molecule has 1 aliphatic heterocycles. The standard InChI is InChI=1S/C30H28N3O2.ClH/c1-3-33(4-2)25-12-13-26-29(19-25)35-30-20-28(34)24(18-27(30)31-26)11-10-22-14-16-32(17-15-22)21-23-8-6-5-7-9-23;/h5-20H,3-4,21H2,1-2H3;1H/q+1;/p-1. The first-order valence-electron chi connectivity index (χ1n) is 12.0. The van der Waals surface area contributed by atoms with Crippen molar-refractivity contribution in [1.82, 2.24) is 4.98 Å². The highest BCUT2D eigenvalue weighted by molar-refractivity contribution is 5.81. The van der Waals surface area contributed by atoms with Gasteiger partial charge < -0.3 is 21.7 Å². The van der Waals surface area contributed by atoms with Gasteiger partial charge in [0.15, 0.2) is 35.7 Å². The highest BCUT2D eigenvalue weighted by Crippen LogP contribution is 2.28. The van der Waals surface area contributed by atoms with E-state index in [-0.39, 0.29) is 17.8 Å². The predicted octanol–water partition coefficient (Wildman–Crippen LogP) is 2.65. The van der Waals surface area contributed by atoms with Gasteiger partial charge in [0.1, 0.15) is 11.2 Å². The van der Waals surface area contributed by atoms with Gasteiger partial charge in [0.2, 0.25) is 0 Å². The van der Waals surface area contributed by atoms with Gasteiger partial charge in [-0.15, -0.1) is 0 Å². The second-order valence-electron chi connectivity index (χ2n) is 8.52. The van der Waals surface area contributed by atoms with E-state index < -0.39 is 0 Å². The topological polar surface area (TPSA) is 50.2 Å². The van der Waals surface area contributed by atoms with E-state index in [0.29, 0.717) is 22.6 Å². The molecule has 0 atom stereocenters. The summed E-state index contributed by atoms with van der Waals surface area (Å²) in [7, 11) is 0. The molecule has 0 N–H and O–H groups in total. The fourth-order valence-electron chi connectivity index (χ4n) is 4.24. The highest BCUT2D eigenvalue weighted by Gasteiger charge is 2.13. The first-order valence-corrected chi connectivity index (χ1v) is 12.0. The van der Waals surface area contributed by atoms with Gasteiger partial charge in [0.05, 0.1) is 0 Å². The summed E-state index contributed by atoms with van der Waals surface area (Å²) in [5, 5.41) is 0. The van der Waals surface area contributed by atoms with Crippen molar-refractivity contribution in [3.63, 3.8) is 0 Å². The molecule has 0 saturated heterocycles. The molecule has 5 nitrogen and oxygen atoms in total. The summed E-state index contributed by atoms with van der Waals surface area (Å²) < 4.78 is 8.20. The predicted molar refractivity (Wildman–Crippen MR) is 142 cm³/mol. The maximum absolute atomic E-state index is 12.8. The second kappa shape index (κ2) is 11.2. The van der Waals surface area contributed by atoms with Gasteiger partial charge in [-0.2, -0.15) is 0 Å². The zero-order chi connectivity index (χ0) is 24.2. The molecule has 1 aliphatic carbocycles. The maximum Gasteiger partial charge on any atom is 0.189 e. The van der Waals surface area contributed by atoms with Crippen LogP contribution < -0.4 is 27.3 Å². The molecule has 0 saturated carbocycles. The van der Waals surface area contributed by atoms with E-state index in [1.165, 1.54) is 11.6 Å². The summed E-state index contributed by atoms with van der Waals surface area (Å²) >= 11 is 0. The number of anilines is 1. The molecular formula is C30H28ClN3O2. The van der Waals surface area contributed by atoms with Crippen molar-refractivity contribution in [3.8, 4) is 11.5 Å². The molecule has 0 radical (unpaired) electrons. The smallest absolute Gasteiger partial charge is 0.189 e. The molecule has 2 aromatic carbocycles. The zero-order valence-electron chi connectivity index (χ0n) is 20.4. The highest BCUT2D eigenvalue weighted by atomic mass is 35.5. The van der Waals surface area contributed by atoms with E-state index in [0.717, 1.165) is 36.4 Å². The van der Waals surface area contributed by atoms with E-state index in [2.05, 4.69) is 41.5 Å². The van der Waals surface area contributed by atoms with Gasteiger partial charge in [0, 0.05) is 54.2 Å². The molecule has 0 amide bonds. The third-order valence-electron chi connectivity index (χ3n) is 6.20. The summed E-state index contributed by atoms with van der Waals surface area (Å²) in [5.74, 6) is 0.498. The Morgan fingerprint density at radius 1 is 0.917 bits per heavy atom. The number of rotatable bonds is 7. The van der Waals surface area contributed by atoms with Crippen LogP contribution in [0, 0.1) is 0 Å². The maximum atomic E-state index is 12.8. The molecular weight excluding hydrogens is 470 g/mol. The fraction of sp³-hybridized carbons (Fsp3) is 0.167. The lowest BCUT2D eigenvalue weighted by atomic mass is 10.1. The molecule has 0 bridgehead atoms. The molecule has 3 aromatic rings. The number of aromatic nitrogens is 2. The van der Waals surface area contributed by atoms with Crippen LogP contribution >= 0.6 is 0 Å². The van der Waals surface area contributed by atoms with Crippen molar-refractivity contribution in [1.29, 1.82) is 0 Å². The van der Waals surface area contributed by atoms with Crippen LogP contribution in [0.4, 0.5) is 5.69 Å². The minimum Gasteiger partial charge on any atom is -1.00 e. The van der Waals surface area contributed by atoms with Gasteiger partial charge in [-0.25, -0.2) is 9.55 Å². The summed E-state index contributed by atoms with van der Waals surface area (Å²) in [6, 6.07) is 23.8. The lowest BCUT2D eigenvalue weighted by Crippen LogP contribution is -3.00. The zero-order valence-corrected chi connectivity index (χ0v) is 21.2. The monoisotopic (exact) mass is 497 g/mol. The summed E-state index contributed by atoms with van der Waals surface area (Å²) in [4.78, 5) is 19.8. The van der Waals surface area contributed by atoms with Crippen molar-refractivity contribution < 1.29 is 21.4 Å². The SMILES string of the molecule is CCN(CC)c1ccc2nc3cc(/C=C/c4cc[n+](Cc5ccccc5)cc4)c(=O)cc-3oc2c1.[Cl-]. The van der Waals surface area contributed by atoms with E-state index in [9.17, 15) is 4.79 Å². The number of fused-ring (bicyclic) bond motifs is 2. The molecule has 0 unspecified atom stereocenters. The average Bonchev–Trinajstić information content (AvgIpc) is 2.88. The number of hydrogen-bond acceptors (Lipinski definition) is 4. The molecule has 2 aliphatic rings. The van der Waals surface area contributed by atoms with Crippen molar-refractivity contribution in [2.24, 2.45) is 0 Å². The Morgan fingerprint density at radius 2 is 1.67 bits per heavy atom. The van der Waals surface area contributed by atoms with Crippen LogP contribution in [0.3, 0.4) is 0 Å². The Hall–Kier alpha value is -3.96. The van der Waals surface area contributed by atoms with Gasteiger partial charge in [-0.05, 0) is 37.6 Å². The van der Waals surface area contributed by atoms with Crippen LogP contribution in [0.2, 0.25) is 0 Å². The number of benzene rings is 3. The fourth-order valence-corrected chi connectivity index (χ4v) is 4.24. The molecule has 2 heterocycles. The summed E-state index contributed by atoms with van der Waals surface area (Å²) in [6.07, 6.45) is 7.88. The second-order valence-corrected chi connectivity index (χ2v) is 8.52. The number of hydrogen-bond donors (Lipinski definition) is 0. The molecule has 6 heteroatoms. The lowest BCUT2D eigenvalue weighted by molar-refractivity contribution is -0.688. The Kier molecular flexibility index (Phi) is 7.81. The van der Waals surface area contributed by atoms with Crippen LogP contribution in [0.15, 0.2) is 94.4 Å². The van der Waals surface area contributed by atoms with Crippen molar-refractivity contribution in [2.75, 3.05) is 18.0 Å². The summed E-state index contributed by atoms with van der Waals surface area (Å²) in [5.41, 5.74) is 5.97. The van der Waals surface area contributed by atoms with Crippen molar-refractivity contribution in [2.45, 2.75) is 20.4 Å². The van der Waals surface area contributed by atoms with Gasteiger partial charge in [-0.3, -0.25) is 4.79 Å². The number of halogens is 1. The molecule has 0 fully saturated rings. The van der Waals surface area contributed by atoms with Gasteiger partial charge in [0.25, 0.3) is 0 Å². The Bertz CT molecular complexity index is 1510. The van der Waals surface area contributed by atoms with Crippen LogP contribution in [0.5, 0.6) is 0 Å². The number of nitrogens with zero attached hydrogens (tertiary/aromatic N) is 3. The first-order chi connectivity index (χ1) is 17.1. The van der Waals surface area contributed by atoms with Crippen LogP contribution in [0.25, 0.3) is 34.7 Å². The van der Waals surface area contributed by atoms with E-state index >= 15 is 0 Å². The lowest BCUT2D eigenvalue weighted by Gasteiger charge is -2.21. The van der Waals surface area contributed by atoms with Crippen LogP contribution in [0.1, 0.15) is 30.5 Å². The van der Waals surface area contributed by atoms with Crippen LogP contribution in [-0.2, 0) is 6.54 Å². The third-order valence-corrected chi connectivity index (χ3v) is 6.20. The van der Waals surface area contributed by atoms with Crippen molar-refractivity contribution in [3.05, 3.63) is 112 Å². The normalized spacial score (nSPS) is 11.2. The van der Waals surface area contributed by atoms with E-state index in [4.69, 9.17) is 9.40 Å². The van der Waals surface area contributed by atoms with E-state index in [1.807, 2.05) is 67.0 Å². The minimum absolute atomic E-state index is 0. The molecule has 36 heavy (non-hydrogen) atoms. The minimum atomic E-state index is -0.0892. The molecule has 5 rings (SSSR count). The largest absolute Gasteiger partial charge is 1.00 e. The third kappa shape index (κ3) is 5.47.